The molecular weight excluding hydrogens is 325 g/mol. The largest absolute Gasteiger partial charge is 0.463 e. The van der Waals surface area contributed by atoms with E-state index < -0.39 is 0 Å². The summed E-state index contributed by atoms with van der Waals surface area (Å²) in [4.78, 5) is 1.54. The first-order valence-corrected chi connectivity index (χ1v) is 8.81. The van der Waals surface area contributed by atoms with Crippen molar-refractivity contribution in [3.8, 4) is 0 Å². The van der Waals surface area contributed by atoms with Gasteiger partial charge in [0.2, 0.25) is 0 Å². The second-order valence-corrected chi connectivity index (χ2v) is 6.54. The lowest BCUT2D eigenvalue weighted by molar-refractivity contribution is -0.936. The molecule has 24 heavy (non-hydrogen) atoms. The quantitative estimate of drug-likeness (QED) is 0.727. The molecule has 1 saturated heterocycles. The van der Waals surface area contributed by atoms with Gasteiger partial charge in [-0.3, -0.25) is 0 Å². The third-order valence-corrected chi connectivity index (χ3v) is 4.69. The SMILES string of the molecule is Fc1ccc(NC(=S)NC[C@@H](c2ccco2)[NH+]2CCCCC2)cc1. The van der Waals surface area contributed by atoms with E-state index in [2.05, 4.69) is 10.6 Å². The molecule has 0 amide bonds. The number of thiocarbonyl (C=S) groups is 1. The van der Waals surface area contributed by atoms with Crippen LogP contribution in [0.4, 0.5) is 10.1 Å². The van der Waals surface area contributed by atoms with Crippen molar-refractivity contribution in [2.45, 2.75) is 25.3 Å². The Bertz CT molecular complexity index is 639. The van der Waals surface area contributed by atoms with Gasteiger partial charge in [0, 0.05) is 5.69 Å². The number of furan rings is 1. The molecule has 0 radical (unpaired) electrons. The zero-order valence-corrected chi connectivity index (χ0v) is 14.4. The van der Waals surface area contributed by atoms with Gasteiger partial charge in [-0.25, -0.2) is 4.39 Å². The van der Waals surface area contributed by atoms with Crippen LogP contribution in [-0.2, 0) is 0 Å². The monoisotopic (exact) mass is 348 g/mol. The van der Waals surface area contributed by atoms with E-state index in [1.165, 1.54) is 36.3 Å². The van der Waals surface area contributed by atoms with E-state index in [0.717, 1.165) is 24.5 Å². The van der Waals surface area contributed by atoms with Crippen LogP contribution in [-0.4, -0.2) is 24.7 Å². The van der Waals surface area contributed by atoms with E-state index in [0.29, 0.717) is 11.7 Å². The summed E-state index contributed by atoms with van der Waals surface area (Å²) in [6.07, 6.45) is 5.54. The molecule has 1 aromatic carbocycles. The van der Waals surface area contributed by atoms with E-state index in [1.54, 1.807) is 18.4 Å². The van der Waals surface area contributed by atoms with Crippen molar-refractivity contribution in [1.29, 1.82) is 0 Å². The van der Waals surface area contributed by atoms with Crippen LogP contribution in [0.25, 0.3) is 0 Å². The summed E-state index contributed by atoms with van der Waals surface area (Å²) in [6, 6.07) is 10.4. The molecule has 0 aliphatic carbocycles. The molecule has 0 unspecified atom stereocenters. The molecule has 3 rings (SSSR count). The predicted octanol–water partition coefficient (Wildman–Crippen LogP) is 2.52. The fourth-order valence-electron chi connectivity index (χ4n) is 3.19. The van der Waals surface area contributed by atoms with Gasteiger partial charge in [0.15, 0.2) is 16.9 Å². The molecule has 1 aromatic heterocycles. The van der Waals surface area contributed by atoms with Crippen molar-refractivity contribution in [2.24, 2.45) is 0 Å². The first kappa shape index (κ1) is 16.9. The van der Waals surface area contributed by atoms with Crippen LogP contribution < -0.4 is 15.5 Å². The smallest absolute Gasteiger partial charge is 0.171 e. The topological polar surface area (TPSA) is 41.6 Å². The van der Waals surface area contributed by atoms with Crippen molar-refractivity contribution < 1.29 is 13.7 Å². The van der Waals surface area contributed by atoms with Crippen molar-refractivity contribution in [1.82, 2.24) is 5.32 Å². The highest BCUT2D eigenvalue weighted by atomic mass is 32.1. The predicted molar refractivity (Wildman–Crippen MR) is 96.6 cm³/mol. The van der Waals surface area contributed by atoms with Crippen LogP contribution in [0.3, 0.4) is 0 Å². The number of quaternary nitrogens is 1. The number of hydrogen-bond donors (Lipinski definition) is 3. The van der Waals surface area contributed by atoms with Crippen LogP contribution in [0.1, 0.15) is 31.1 Å². The second-order valence-electron chi connectivity index (χ2n) is 6.13. The number of hydrogen-bond acceptors (Lipinski definition) is 2. The van der Waals surface area contributed by atoms with E-state index in [-0.39, 0.29) is 11.9 Å². The molecule has 1 atom stereocenters. The Kier molecular flexibility index (Phi) is 5.82. The zero-order chi connectivity index (χ0) is 16.8. The zero-order valence-electron chi connectivity index (χ0n) is 13.6. The maximum Gasteiger partial charge on any atom is 0.171 e. The van der Waals surface area contributed by atoms with E-state index in [4.69, 9.17) is 16.6 Å². The molecule has 6 heteroatoms. The Morgan fingerprint density at radius 1 is 1.17 bits per heavy atom. The second kappa shape index (κ2) is 8.26. The highest BCUT2D eigenvalue weighted by molar-refractivity contribution is 7.80. The normalized spacial score (nSPS) is 16.5. The van der Waals surface area contributed by atoms with Gasteiger partial charge in [0.05, 0.1) is 25.9 Å². The number of nitrogens with one attached hydrogen (secondary N) is 3. The van der Waals surface area contributed by atoms with Crippen LogP contribution >= 0.6 is 12.2 Å². The fraction of sp³-hybridized carbons (Fsp3) is 0.389. The first-order valence-electron chi connectivity index (χ1n) is 8.41. The van der Waals surface area contributed by atoms with Gasteiger partial charge in [-0.1, -0.05) is 0 Å². The summed E-state index contributed by atoms with van der Waals surface area (Å²) in [6.45, 7) is 3.02. The Hall–Kier alpha value is -1.92. The van der Waals surface area contributed by atoms with Crippen LogP contribution in [0, 0.1) is 5.82 Å². The molecule has 128 valence electrons. The van der Waals surface area contributed by atoms with Crippen molar-refractivity contribution in [2.75, 3.05) is 25.0 Å². The lowest BCUT2D eigenvalue weighted by Crippen LogP contribution is -3.13. The average Bonchev–Trinajstić information content (AvgIpc) is 3.12. The van der Waals surface area contributed by atoms with Gasteiger partial charge in [-0.2, -0.15) is 0 Å². The number of anilines is 1. The third kappa shape index (κ3) is 4.55. The van der Waals surface area contributed by atoms with E-state index in [1.807, 2.05) is 12.1 Å². The summed E-state index contributed by atoms with van der Waals surface area (Å²) in [7, 11) is 0. The lowest BCUT2D eigenvalue weighted by Gasteiger charge is -2.30. The maximum atomic E-state index is 13.0. The van der Waals surface area contributed by atoms with Gasteiger partial charge in [-0.15, -0.1) is 0 Å². The minimum atomic E-state index is -0.258. The highest BCUT2D eigenvalue weighted by Crippen LogP contribution is 2.12. The summed E-state index contributed by atoms with van der Waals surface area (Å²) in [5.41, 5.74) is 0.772. The van der Waals surface area contributed by atoms with Crippen molar-refractivity contribution in [3.05, 3.63) is 54.2 Å². The molecule has 0 spiro atoms. The molecule has 2 heterocycles. The fourth-order valence-corrected chi connectivity index (χ4v) is 3.39. The minimum absolute atomic E-state index is 0.244. The van der Waals surface area contributed by atoms with Crippen LogP contribution in [0.2, 0.25) is 0 Å². The Morgan fingerprint density at radius 2 is 1.92 bits per heavy atom. The Balaban J connectivity index is 1.58. The van der Waals surface area contributed by atoms with E-state index >= 15 is 0 Å². The number of benzene rings is 1. The Morgan fingerprint density at radius 3 is 2.58 bits per heavy atom. The minimum Gasteiger partial charge on any atom is -0.463 e. The number of rotatable bonds is 5. The highest BCUT2D eigenvalue weighted by Gasteiger charge is 2.28. The molecule has 0 bridgehead atoms. The lowest BCUT2D eigenvalue weighted by atomic mass is 10.1. The van der Waals surface area contributed by atoms with Gasteiger partial charge in [0.25, 0.3) is 0 Å². The third-order valence-electron chi connectivity index (χ3n) is 4.44. The average molecular weight is 348 g/mol. The van der Waals surface area contributed by atoms with Gasteiger partial charge < -0.3 is 20.0 Å². The summed E-state index contributed by atoms with van der Waals surface area (Å²) in [5.74, 6) is 0.731. The summed E-state index contributed by atoms with van der Waals surface area (Å²) < 4.78 is 18.6. The van der Waals surface area contributed by atoms with Crippen LogP contribution in [0.15, 0.2) is 47.1 Å². The standard InChI is InChI=1S/C18H22FN3OS/c19-14-6-8-15(9-7-14)21-18(24)20-13-16(17-5-4-12-23-17)22-10-2-1-3-11-22/h4-9,12,16H,1-3,10-11,13H2,(H2,20,21,24)/p+1/t16-/m0/s1. The van der Waals surface area contributed by atoms with Gasteiger partial charge in [-0.05, 0) is 67.9 Å². The number of likely N-dealkylation sites (tertiary alicyclic amines) is 1. The number of halogens is 1. The van der Waals surface area contributed by atoms with Gasteiger partial charge >= 0.3 is 0 Å². The molecule has 1 aliphatic heterocycles. The van der Waals surface area contributed by atoms with E-state index in [9.17, 15) is 4.39 Å². The Labute approximate surface area is 147 Å². The molecule has 1 aliphatic rings. The summed E-state index contributed by atoms with van der Waals surface area (Å²) >= 11 is 5.36. The first-order chi connectivity index (χ1) is 11.7. The number of piperidine rings is 1. The maximum absolute atomic E-state index is 13.0. The summed E-state index contributed by atoms with van der Waals surface area (Å²) in [5, 5.41) is 6.90. The molecule has 4 nitrogen and oxygen atoms in total. The molecular formula is C18H23FN3OS+. The molecule has 3 N–H and O–H groups in total. The molecule has 1 fully saturated rings. The van der Waals surface area contributed by atoms with Crippen molar-refractivity contribution >= 4 is 23.0 Å². The van der Waals surface area contributed by atoms with Gasteiger partial charge in [0.1, 0.15) is 5.82 Å². The van der Waals surface area contributed by atoms with Crippen LogP contribution in [0.5, 0.6) is 0 Å². The van der Waals surface area contributed by atoms with Crippen molar-refractivity contribution in [3.63, 3.8) is 0 Å². The molecule has 0 saturated carbocycles. The molecule has 2 aromatic rings.